The summed E-state index contributed by atoms with van der Waals surface area (Å²) in [7, 11) is -0.768. The van der Waals surface area contributed by atoms with Crippen LogP contribution in [0.25, 0.3) is 0 Å². The lowest BCUT2D eigenvalue weighted by atomic mass is 10.1. The van der Waals surface area contributed by atoms with E-state index in [9.17, 15) is 13.2 Å². The Morgan fingerprint density at radius 1 is 1.12 bits per heavy atom. The summed E-state index contributed by atoms with van der Waals surface area (Å²) in [6.07, 6.45) is 0. The molecule has 0 fully saturated rings. The van der Waals surface area contributed by atoms with Gasteiger partial charge in [0, 0.05) is 20.2 Å². The van der Waals surface area contributed by atoms with Crippen molar-refractivity contribution in [1.82, 2.24) is 5.32 Å². The van der Waals surface area contributed by atoms with Crippen LogP contribution in [0.2, 0.25) is 0 Å². The van der Waals surface area contributed by atoms with Crippen molar-refractivity contribution in [3.05, 3.63) is 60.2 Å². The Hall–Kier alpha value is -2.38. The van der Waals surface area contributed by atoms with Crippen molar-refractivity contribution in [2.75, 3.05) is 25.1 Å². The van der Waals surface area contributed by atoms with Gasteiger partial charge >= 0.3 is 0 Å². The maximum atomic E-state index is 12.8. The highest BCUT2D eigenvalue weighted by Gasteiger charge is 2.25. The average molecular weight is 362 g/mol. The third kappa shape index (κ3) is 4.37. The molecular weight excluding hydrogens is 340 g/mol. The van der Waals surface area contributed by atoms with Crippen molar-refractivity contribution in [1.29, 1.82) is 0 Å². The SMILES string of the molecule is COCC(C)NC(=O)c1ccccc1N(C)S(=O)(=O)c1ccccc1. The first-order valence-corrected chi connectivity index (χ1v) is 9.24. The molecule has 0 aliphatic heterocycles. The number of rotatable bonds is 7. The molecule has 1 atom stereocenters. The molecule has 0 aliphatic carbocycles. The third-order valence-corrected chi connectivity index (χ3v) is 5.47. The lowest BCUT2D eigenvalue weighted by molar-refractivity contribution is 0.0906. The largest absolute Gasteiger partial charge is 0.383 e. The van der Waals surface area contributed by atoms with Crippen molar-refractivity contribution in [2.45, 2.75) is 17.9 Å². The van der Waals surface area contributed by atoms with E-state index in [-0.39, 0.29) is 22.4 Å². The zero-order valence-electron chi connectivity index (χ0n) is 14.5. The molecule has 1 amide bonds. The van der Waals surface area contributed by atoms with Crippen LogP contribution in [0, 0.1) is 0 Å². The Kier molecular flexibility index (Phi) is 6.17. The second kappa shape index (κ2) is 8.13. The fourth-order valence-corrected chi connectivity index (χ4v) is 3.65. The fraction of sp³-hybridized carbons (Fsp3) is 0.278. The van der Waals surface area contributed by atoms with Crippen LogP contribution in [0.3, 0.4) is 0 Å². The van der Waals surface area contributed by atoms with Crippen LogP contribution >= 0.6 is 0 Å². The van der Waals surface area contributed by atoms with E-state index >= 15 is 0 Å². The second-order valence-corrected chi connectivity index (χ2v) is 7.60. The Bertz CT molecular complexity index is 822. The van der Waals surface area contributed by atoms with Crippen molar-refractivity contribution in [3.8, 4) is 0 Å². The van der Waals surface area contributed by atoms with Crippen molar-refractivity contribution in [2.24, 2.45) is 0 Å². The van der Waals surface area contributed by atoms with Crippen LogP contribution in [-0.2, 0) is 14.8 Å². The van der Waals surface area contributed by atoms with Crippen LogP contribution < -0.4 is 9.62 Å². The molecular formula is C18H22N2O4S. The number of methoxy groups -OCH3 is 1. The maximum absolute atomic E-state index is 12.8. The van der Waals surface area contributed by atoms with Gasteiger partial charge in [-0.15, -0.1) is 0 Å². The molecule has 0 bridgehead atoms. The first-order valence-electron chi connectivity index (χ1n) is 7.80. The molecule has 1 N–H and O–H groups in total. The van der Waals surface area contributed by atoms with Crippen LogP contribution in [-0.4, -0.2) is 41.1 Å². The Morgan fingerprint density at radius 2 is 1.72 bits per heavy atom. The van der Waals surface area contributed by atoms with Gasteiger partial charge in [0.1, 0.15) is 0 Å². The second-order valence-electron chi connectivity index (χ2n) is 5.63. The van der Waals surface area contributed by atoms with Gasteiger partial charge < -0.3 is 10.1 Å². The van der Waals surface area contributed by atoms with Gasteiger partial charge in [-0.3, -0.25) is 9.10 Å². The lowest BCUT2D eigenvalue weighted by Crippen LogP contribution is -2.37. The molecule has 0 radical (unpaired) electrons. The summed E-state index contributed by atoms with van der Waals surface area (Å²) in [6.45, 7) is 2.18. The Balaban J connectivity index is 2.35. The summed E-state index contributed by atoms with van der Waals surface area (Å²) in [4.78, 5) is 12.7. The monoisotopic (exact) mass is 362 g/mol. The number of benzene rings is 2. The standard InChI is InChI=1S/C18H22N2O4S/c1-14(13-24-3)19-18(21)16-11-7-8-12-17(16)20(2)25(22,23)15-9-5-4-6-10-15/h4-12,14H,13H2,1-3H3,(H,19,21). The zero-order chi connectivity index (χ0) is 18.4. The van der Waals surface area contributed by atoms with Crippen molar-refractivity contribution >= 4 is 21.6 Å². The first kappa shape index (κ1) is 19.0. The summed E-state index contributed by atoms with van der Waals surface area (Å²) in [5, 5.41) is 2.80. The van der Waals surface area contributed by atoms with Gasteiger partial charge in [-0.2, -0.15) is 0 Å². The van der Waals surface area contributed by atoms with E-state index in [1.54, 1.807) is 49.6 Å². The molecule has 0 saturated carbocycles. The van der Waals surface area contributed by atoms with E-state index in [0.29, 0.717) is 12.3 Å². The van der Waals surface area contributed by atoms with E-state index in [1.807, 2.05) is 6.92 Å². The highest BCUT2D eigenvalue weighted by molar-refractivity contribution is 7.92. The number of ether oxygens (including phenoxy) is 1. The molecule has 0 aromatic heterocycles. The molecule has 7 heteroatoms. The van der Waals surface area contributed by atoms with E-state index < -0.39 is 10.0 Å². The predicted molar refractivity (Wildman–Crippen MR) is 97.3 cm³/mol. The summed E-state index contributed by atoms with van der Waals surface area (Å²) in [5.74, 6) is -0.352. The number of hydrogen-bond donors (Lipinski definition) is 1. The minimum atomic E-state index is -3.76. The molecule has 2 aromatic rings. The quantitative estimate of drug-likeness (QED) is 0.820. The van der Waals surface area contributed by atoms with Gasteiger partial charge in [-0.1, -0.05) is 30.3 Å². The number of nitrogens with zero attached hydrogens (tertiary/aromatic N) is 1. The number of sulfonamides is 1. The number of amides is 1. The van der Waals surface area contributed by atoms with Crippen molar-refractivity contribution < 1.29 is 17.9 Å². The topological polar surface area (TPSA) is 75.7 Å². The van der Waals surface area contributed by atoms with Gasteiger partial charge in [-0.05, 0) is 31.2 Å². The normalized spacial score (nSPS) is 12.4. The summed E-state index contributed by atoms with van der Waals surface area (Å²) < 4.78 is 31.7. The Labute approximate surface area is 148 Å². The Morgan fingerprint density at radius 3 is 2.36 bits per heavy atom. The first-order chi connectivity index (χ1) is 11.9. The number of anilines is 1. The lowest BCUT2D eigenvalue weighted by Gasteiger charge is -2.22. The zero-order valence-corrected chi connectivity index (χ0v) is 15.3. The van der Waals surface area contributed by atoms with Gasteiger partial charge in [0.15, 0.2) is 0 Å². The van der Waals surface area contributed by atoms with Gasteiger partial charge in [0.25, 0.3) is 15.9 Å². The average Bonchev–Trinajstić information content (AvgIpc) is 2.62. The number of carbonyl (C=O) groups is 1. The highest BCUT2D eigenvalue weighted by atomic mass is 32.2. The number of nitrogens with one attached hydrogen (secondary N) is 1. The molecule has 0 spiro atoms. The van der Waals surface area contributed by atoms with Crippen LogP contribution in [0.1, 0.15) is 17.3 Å². The van der Waals surface area contributed by atoms with Crippen LogP contribution in [0.5, 0.6) is 0 Å². The minimum absolute atomic E-state index is 0.167. The van der Waals surface area contributed by atoms with E-state index in [2.05, 4.69) is 5.32 Å². The van der Waals surface area contributed by atoms with Gasteiger partial charge in [0.05, 0.1) is 22.8 Å². The van der Waals surface area contributed by atoms with Crippen LogP contribution in [0.15, 0.2) is 59.5 Å². The molecule has 2 aromatic carbocycles. The van der Waals surface area contributed by atoms with E-state index in [1.165, 1.54) is 19.2 Å². The molecule has 6 nitrogen and oxygen atoms in total. The van der Waals surface area contributed by atoms with Crippen LogP contribution in [0.4, 0.5) is 5.69 Å². The molecule has 2 rings (SSSR count). The number of carbonyl (C=O) groups excluding carboxylic acids is 1. The summed E-state index contributed by atoms with van der Waals surface area (Å²) >= 11 is 0. The fourth-order valence-electron chi connectivity index (χ4n) is 2.41. The van der Waals surface area contributed by atoms with E-state index in [4.69, 9.17) is 4.74 Å². The van der Waals surface area contributed by atoms with E-state index in [0.717, 1.165) is 4.31 Å². The number of para-hydroxylation sites is 1. The molecule has 1 unspecified atom stereocenters. The molecule has 25 heavy (non-hydrogen) atoms. The third-order valence-electron chi connectivity index (χ3n) is 3.68. The smallest absolute Gasteiger partial charge is 0.264 e. The number of hydrogen-bond acceptors (Lipinski definition) is 4. The van der Waals surface area contributed by atoms with Gasteiger partial charge in [-0.25, -0.2) is 8.42 Å². The minimum Gasteiger partial charge on any atom is -0.383 e. The molecule has 0 aliphatic rings. The maximum Gasteiger partial charge on any atom is 0.264 e. The molecule has 0 heterocycles. The highest BCUT2D eigenvalue weighted by Crippen LogP contribution is 2.25. The summed E-state index contributed by atoms with van der Waals surface area (Å²) in [6, 6.07) is 14.5. The summed E-state index contributed by atoms with van der Waals surface area (Å²) in [5.41, 5.74) is 0.598. The van der Waals surface area contributed by atoms with Crippen molar-refractivity contribution in [3.63, 3.8) is 0 Å². The molecule has 134 valence electrons. The molecule has 0 saturated heterocycles. The van der Waals surface area contributed by atoms with Gasteiger partial charge in [0.2, 0.25) is 0 Å². The predicted octanol–water partition coefficient (Wildman–Crippen LogP) is 2.28.